The molecule has 1 aliphatic carbocycles. The molecule has 1 aromatic heterocycles. The molecule has 1 heterocycles. The second kappa shape index (κ2) is 8.62. The predicted molar refractivity (Wildman–Crippen MR) is 116 cm³/mol. The molecule has 3 unspecified atom stereocenters. The minimum Gasteiger partial charge on any atom is -0.379 e. The highest BCUT2D eigenvalue weighted by Crippen LogP contribution is 2.26. The largest absolute Gasteiger partial charge is 0.379 e. The van der Waals surface area contributed by atoms with Crippen LogP contribution in [0.15, 0.2) is 60.7 Å². The first-order chi connectivity index (χ1) is 14.1. The van der Waals surface area contributed by atoms with Crippen LogP contribution in [0.1, 0.15) is 35.2 Å². The molecule has 1 amide bonds. The third kappa shape index (κ3) is 4.40. The summed E-state index contributed by atoms with van der Waals surface area (Å²) in [5.41, 5.74) is 2.89. The topological polar surface area (TPSA) is 63.2 Å². The van der Waals surface area contributed by atoms with Crippen molar-refractivity contribution in [3.8, 4) is 0 Å². The molecule has 0 aliphatic heterocycles. The van der Waals surface area contributed by atoms with Gasteiger partial charge in [-0.1, -0.05) is 36.4 Å². The molecule has 2 aromatic carbocycles. The minimum atomic E-state index is -0.0244. The van der Waals surface area contributed by atoms with Crippen LogP contribution in [-0.2, 0) is 4.74 Å². The molecule has 0 radical (unpaired) electrons. The number of carbonyl (C=O) groups is 1. The van der Waals surface area contributed by atoms with Crippen LogP contribution < -0.4 is 10.6 Å². The number of nitrogens with zero attached hydrogens (tertiary/aromatic N) is 1. The van der Waals surface area contributed by atoms with Gasteiger partial charge in [0, 0.05) is 24.1 Å². The van der Waals surface area contributed by atoms with Gasteiger partial charge >= 0.3 is 0 Å². The highest BCUT2D eigenvalue weighted by atomic mass is 16.5. The van der Waals surface area contributed by atoms with Gasteiger partial charge in [-0.25, -0.2) is 4.98 Å². The quantitative estimate of drug-likeness (QED) is 0.682. The van der Waals surface area contributed by atoms with Gasteiger partial charge in [0.25, 0.3) is 5.91 Å². The highest BCUT2D eigenvalue weighted by Gasteiger charge is 2.31. The zero-order valence-electron chi connectivity index (χ0n) is 16.9. The van der Waals surface area contributed by atoms with Crippen LogP contribution in [0.2, 0.25) is 0 Å². The fourth-order valence-electron chi connectivity index (χ4n) is 4.16. The summed E-state index contributed by atoms with van der Waals surface area (Å²) in [7, 11) is 1.74. The Morgan fingerprint density at radius 3 is 2.62 bits per heavy atom. The van der Waals surface area contributed by atoms with Gasteiger partial charge in [-0.15, -0.1) is 0 Å². The Labute approximate surface area is 171 Å². The Kier molecular flexibility index (Phi) is 5.76. The van der Waals surface area contributed by atoms with Crippen molar-refractivity contribution < 1.29 is 9.53 Å². The summed E-state index contributed by atoms with van der Waals surface area (Å²) in [6.07, 6.45) is 2.60. The third-order valence-electron chi connectivity index (χ3n) is 5.72. The van der Waals surface area contributed by atoms with E-state index in [4.69, 9.17) is 9.72 Å². The van der Waals surface area contributed by atoms with Gasteiger partial charge in [-0.2, -0.15) is 0 Å². The lowest BCUT2D eigenvalue weighted by atomic mass is 9.88. The number of amides is 1. The molecule has 5 heteroatoms. The molecule has 1 fully saturated rings. The molecule has 4 rings (SSSR count). The number of para-hydroxylation sites is 1. The summed E-state index contributed by atoms with van der Waals surface area (Å²) < 4.78 is 5.77. The second-order valence-electron chi connectivity index (χ2n) is 7.72. The Bertz CT molecular complexity index is 990. The zero-order valence-corrected chi connectivity index (χ0v) is 16.9. The number of benzene rings is 2. The molecule has 1 saturated carbocycles. The second-order valence-corrected chi connectivity index (χ2v) is 7.72. The Morgan fingerprint density at radius 1 is 1.07 bits per heavy atom. The molecule has 5 nitrogen and oxygen atoms in total. The third-order valence-corrected chi connectivity index (χ3v) is 5.72. The predicted octanol–water partition coefficient (Wildman–Crippen LogP) is 4.32. The van der Waals surface area contributed by atoms with E-state index in [0.29, 0.717) is 5.56 Å². The number of hydrogen-bond acceptors (Lipinski definition) is 4. The van der Waals surface area contributed by atoms with Crippen molar-refractivity contribution in [1.29, 1.82) is 0 Å². The standard InChI is InChI=1S/C24H27N3O2/c1-16-14-23(26-20-11-7-6-10-19(16)20)27-21-13-12-18(15-22(21)29-2)25-24(28)17-8-4-3-5-9-17/h3-11,14,18,21-22H,12-13,15H2,1-2H3,(H,25,28)(H,26,27). The molecule has 0 bridgehead atoms. The van der Waals surface area contributed by atoms with E-state index in [-0.39, 0.29) is 24.1 Å². The molecular formula is C24H27N3O2. The number of nitrogens with one attached hydrogen (secondary N) is 2. The summed E-state index contributed by atoms with van der Waals surface area (Å²) in [6.45, 7) is 2.11. The van der Waals surface area contributed by atoms with Crippen molar-refractivity contribution in [2.75, 3.05) is 12.4 Å². The van der Waals surface area contributed by atoms with Gasteiger partial charge in [-0.3, -0.25) is 4.79 Å². The van der Waals surface area contributed by atoms with Crippen molar-refractivity contribution in [2.24, 2.45) is 0 Å². The van der Waals surface area contributed by atoms with Gasteiger partial charge in [0.05, 0.1) is 17.7 Å². The molecule has 0 spiro atoms. The Balaban J connectivity index is 1.42. The average molecular weight is 389 g/mol. The smallest absolute Gasteiger partial charge is 0.251 e. The number of hydrogen-bond donors (Lipinski definition) is 2. The lowest BCUT2D eigenvalue weighted by Crippen LogP contribution is -2.48. The molecule has 1 aliphatic rings. The first-order valence-corrected chi connectivity index (χ1v) is 10.2. The first kappa shape index (κ1) is 19.4. The molecule has 150 valence electrons. The van der Waals surface area contributed by atoms with E-state index < -0.39 is 0 Å². The summed E-state index contributed by atoms with van der Waals surface area (Å²) in [5.74, 6) is 0.851. The maximum Gasteiger partial charge on any atom is 0.251 e. The molecule has 3 atom stereocenters. The van der Waals surface area contributed by atoms with Crippen LogP contribution >= 0.6 is 0 Å². The van der Waals surface area contributed by atoms with E-state index in [0.717, 1.165) is 30.6 Å². The minimum absolute atomic E-state index is 0.0124. The maximum atomic E-state index is 12.5. The molecule has 0 saturated heterocycles. The van der Waals surface area contributed by atoms with E-state index in [9.17, 15) is 4.79 Å². The van der Waals surface area contributed by atoms with Crippen molar-refractivity contribution in [1.82, 2.24) is 10.3 Å². The molecular weight excluding hydrogens is 362 g/mol. The normalized spacial score (nSPS) is 21.7. The van der Waals surface area contributed by atoms with Crippen LogP contribution in [0.5, 0.6) is 0 Å². The fourth-order valence-corrected chi connectivity index (χ4v) is 4.16. The molecule has 3 aromatic rings. The van der Waals surface area contributed by atoms with Gasteiger partial charge in [0.1, 0.15) is 5.82 Å². The van der Waals surface area contributed by atoms with Crippen LogP contribution in [-0.4, -0.2) is 36.2 Å². The van der Waals surface area contributed by atoms with Crippen molar-refractivity contribution in [3.63, 3.8) is 0 Å². The Morgan fingerprint density at radius 2 is 1.83 bits per heavy atom. The van der Waals surface area contributed by atoms with E-state index in [2.05, 4.69) is 29.7 Å². The fraction of sp³-hybridized carbons (Fsp3) is 0.333. The van der Waals surface area contributed by atoms with E-state index >= 15 is 0 Å². The SMILES string of the molecule is COC1CC(NC(=O)c2ccccc2)CCC1Nc1cc(C)c2ccccc2n1. The summed E-state index contributed by atoms with van der Waals surface area (Å²) >= 11 is 0. The van der Waals surface area contributed by atoms with E-state index in [1.807, 2.05) is 48.5 Å². The number of ether oxygens (including phenoxy) is 1. The lowest BCUT2D eigenvalue weighted by Gasteiger charge is -2.36. The van der Waals surface area contributed by atoms with E-state index in [1.54, 1.807) is 7.11 Å². The monoisotopic (exact) mass is 389 g/mol. The number of carbonyl (C=O) groups excluding carboxylic acids is 1. The van der Waals surface area contributed by atoms with Crippen LogP contribution in [0.3, 0.4) is 0 Å². The first-order valence-electron chi connectivity index (χ1n) is 10.2. The van der Waals surface area contributed by atoms with Gasteiger partial charge < -0.3 is 15.4 Å². The Hall–Kier alpha value is -2.92. The summed E-state index contributed by atoms with van der Waals surface area (Å²) in [5, 5.41) is 7.90. The lowest BCUT2D eigenvalue weighted by molar-refractivity contribution is 0.0471. The average Bonchev–Trinajstić information content (AvgIpc) is 2.75. The van der Waals surface area contributed by atoms with Crippen molar-refractivity contribution in [2.45, 2.75) is 44.4 Å². The van der Waals surface area contributed by atoms with Crippen LogP contribution in [0.4, 0.5) is 5.82 Å². The van der Waals surface area contributed by atoms with Crippen LogP contribution in [0.25, 0.3) is 10.9 Å². The number of aromatic nitrogens is 1. The van der Waals surface area contributed by atoms with E-state index in [1.165, 1.54) is 10.9 Å². The number of aryl methyl sites for hydroxylation is 1. The number of fused-ring (bicyclic) bond motifs is 1. The molecule has 2 N–H and O–H groups in total. The van der Waals surface area contributed by atoms with Crippen molar-refractivity contribution in [3.05, 3.63) is 71.8 Å². The number of methoxy groups -OCH3 is 1. The highest BCUT2D eigenvalue weighted by molar-refractivity contribution is 5.94. The van der Waals surface area contributed by atoms with Gasteiger partial charge in [0.15, 0.2) is 0 Å². The van der Waals surface area contributed by atoms with Gasteiger partial charge in [0.2, 0.25) is 0 Å². The maximum absolute atomic E-state index is 12.5. The summed E-state index contributed by atoms with van der Waals surface area (Å²) in [4.78, 5) is 17.2. The molecule has 29 heavy (non-hydrogen) atoms. The number of pyridine rings is 1. The van der Waals surface area contributed by atoms with Crippen molar-refractivity contribution >= 4 is 22.6 Å². The van der Waals surface area contributed by atoms with Crippen LogP contribution in [0, 0.1) is 6.92 Å². The zero-order chi connectivity index (χ0) is 20.2. The number of rotatable bonds is 5. The number of anilines is 1. The summed E-state index contributed by atoms with van der Waals surface area (Å²) in [6, 6.07) is 19.9. The van der Waals surface area contributed by atoms with Gasteiger partial charge in [-0.05, 0) is 56.0 Å².